The number of carbonyl (C=O) groups excluding carboxylic acids is 2. The van der Waals surface area contributed by atoms with Crippen molar-refractivity contribution in [2.75, 3.05) is 33.3 Å². The van der Waals surface area contributed by atoms with Crippen LogP contribution in [0.4, 0.5) is 0 Å². The maximum Gasteiger partial charge on any atom is 0.257 e. The average molecular weight is 453 g/mol. The van der Waals surface area contributed by atoms with Crippen LogP contribution in [0, 0.1) is 0 Å². The molecule has 0 atom stereocenters. The van der Waals surface area contributed by atoms with Crippen LogP contribution in [0.15, 0.2) is 54.7 Å². The predicted octanol–water partition coefficient (Wildman–Crippen LogP) is 3.69. The smallest absolute Gasteiger partial charge is 0.257 e. The van der Waals surface area contributed by atoms with Gasteiger partial charge in [0.15, 0.2) is 0 Å². The number of amides is 2. The monoisotopic (exact) mass is 452 g/mol. The molecule has 7 nitrogen and oxygen atoms in total. The molecule has 1 aliphatic heterocycles. The Morgan fingerprint density at radius 1 is 1.00 bits per heavy atom. The normalized spacial score (nSPS) is 13.8. The number of halogens is 1. The van der Waals surface area contributed by atoms with E-state index in [9.17, 15) is 9.59 Å². The van der Waals surface area contributed by atoms with Gasteiger partial charge < -0.3 is 14.5 Å². The van der Waals surface area contributed by atoms with Gasteiger partial charge in [-0.05, 0) is 42.8 Å². The Kier molecular flexibility index (Phi) is 6.46. The van der Waals surface area contributed by atoms with E-state index < -0.39 is 0 Å². The zero-order valence-corrected chi connectivity index (χ0v) is 18.9. The number of benzene rings is 2. The first-order chi connectivity index (χ1) is 15.5. The highest BCUT2D eigenvalue weighted by molar-refractivity contribution is 6.30. The summed E-state index contributed by atoms with van der Waals surface area (Å²) in [6.45, 7) is 3.90. The first-order valence-electron chi connectivity index (χ1n) is 10.6. The van der Waals surface area contributed by atoms with Gasteiger partial charge in [0.25, 0.3) is 11.8 Å². The minimum Gasteiger partial charge on any atom is -0.497 e. The van der Waals surface area contributed by atoms with E-state index in [-0.39, 0.29) is 11.8 Å². The molecule has 1 aromatic heterocycles. The quantitative estimate of drug-likeness (QED) is 0.592. The van der Waals surface area contributed by atoms with Crippen LogP contribution >= 0.6 is 11.6 Å². The first kappa shape index (κ1) is 21.9. The van der Waals surface area contributed by atoms with Crippen molar-refractivity contribution in [1.29, 1.82) is 0 Å². The number of hydrogen-bond acceptors (Lipinski definition) is 4. The summed E-state index contributed by atoms with van der Waals surface area (Å²) in [4.78, 5) is 29.7. The Morgan fingerprint density at radius 2 is 1.69 bits per heavy atom. The molecule has 0 saturated carbocycles. The SMILES string of the molecule is CCc1c(C(=O)N2CCN(C(=O)c3cccc(OC)c3)CC2)cnn1-c1cccc(Cl)c1. The molecule has 0 spiro atoms. The summed E-state index contributed by atoms with van der Waals surface area (Å²) in [6.07, 6.45) is 2.28. The Hall–Kier alpha value is -3.32. The van der Waals surface area contributed by atoms with Gasteiger partial charge in [-0.25, -0.2) is 4.68 Å². The van der Waals surface area contributed by atoms with Crippen molar-refractivity contribution in [2.24, 2.45) is 0 Å². The number of carbonyl (C=O) groups is 2. The van der Waals surface area contributed by atoms with Gasteiger partial charge in [0.05, 0.1) is 30.3 Å². The summed E-state index contributed by atoms with van der Waals surface area (Å²) in [6, 6.07) is 14.5. The lowest BCUT2D eigenvalue weighted by Gasteiger charge is -2.34. The minimum atomic E-state index is -0.0661. The molecule has 0 radical (unpaired) electrons. The summed E-state index contributed by atoms with van der Waals surface area (Å²) in [5.74, 6) is 0.524. The maximum atomic E-state index is 13.2. The van der Waals surface area contributed by atoms with Gasteiger partial charge >= 0.3 is 0 Å². The first-order valence-corrected chi connectivity index (χ1v) is 10.9. The van der Waals surface area contributed by atoms with Crippen LogP contribution in [-0.4, -0.2) is 64.7 Å². The summed E-state index contributed by atoms with van der Waals surface area (Å²) >= 11 is 6.13. The van der Waals surface area contributed by atoms with Crippen LogP contribution in [0.5, 0.6) is 5.75 Å². The zero-order valence-electron chi connectivity index (χ0n) is 18.1. The molecule has 32 heavy (non-hydrogen) atoms. The summed E-state index contributed by atoms with van der Waals surface area (Å²) in [5.41, 5.74) is 2.83. The van der Waals surface area contributed by atoms with Gasteiger partial charge in [-0.3, -0.25) is 9.59 Å². The standard InChI is InChI=1S/C24H25ClN4O3/c1-3-22-21(16-26-29(22)19-8-5-7-18(25)15-19)24(31)28-12-10-27(11-13-28)23(30)17-6-4-9-20(14-17)32-2/h4-9,14-16H,3,10-13H2,1-2H3. The van der Waals surface area contributed by atoms with Gasteiger partial charge in [0.2, 0.25) is 0 Å². The fourth-order valence-electron chi connectivity index (χ4n) is 3.94. The third-order valence-electron chi connectivity index (χ3n) is 5.66. The second kappa shape index (κ2) is 9.44. The van der Waals surface area contributed by atoms with Crippen molar-refractivity contribution in [2.45, 2.75) is 13.3 Å². The molecule has 2 heterocycles. The number of piperazine rings is 1. The highest BCUT2D eigenvalue weighted by Crippen LogP contribution is 2.21. The van der Waals surface area contributed by atoms with E-state index in [1.165, 1.54) is 0 Å². The lowest BCUT2D eigenvalue weighted by molar-refractivity contribution is 0.0534. The Labute approximate surface area is 192 Å². The van der Waals surface area contributed by atoms with Crippen molar-refractivity contribution in [1.82, 2.24) is 19.6 Å². The molecule has 166 valence electrons. The van der Waals surface area contributed by atoms with E-state index in [1.807, 2.05) is 31.2 Å². The molecular weight excluding hydrogens is 428 g/mol. The second-order valence-corrected chi connectivity index (χ2v) is 8.00. The van der Waals surface area contributed by atoms with Crippen molar-refractivity contribution < 1.29 is 14.3 Å². The third kappa shape index (κ3) is 4.34. The molecule has 2 amide bonds. The molecule has 2 aromatic carbocycles. The molecule has 0 unspecified atom stereocenters. The Morgan fingerprint density at radius 3 is 2.34 bits per heavy atom. The van der Waals surface area contributed by atoms with Crippen LogP contribution in [0.3, 0.4) is 0 Å². The van der Waals surface area contributed by atoms with E-state index in [0.29, 0.717) is 54.5 Å². The van der Waals surface area contributed by atoms with Crippen molar-refractivity contribution in [3.8, 4) is 11.4 Å². The van der Waals surface area contributed by atoms with E-state index in [2.05, 4.69) is 5.10 Å². The summed E-state index contributed by atoms with van der Waals surface area (Å²) in [5, 5.41) is 5.06. The zero-order chi connectivity index (χ0) is 22.7. The lowest BCUT2D eigenvalue weighted by Crippen LogP contribution is -2.50. The molecule has 1 aliphatic rings. The van der Waals surface area contributed by atoms with Gasteiger partial charge in [-0.15, -0.1) is 0 Å². The lowest BCUT2D eigenvalue weighted by atomic mass is 10.1. The largest absolute Gasteiger partial charge is 0.497 e. The van der Waals surface area contributed by atoms with Crippen LogP contribution in [0.1, 0.15) is 33.3 Å². The van der Waals surface area contributed by atoms with Gasteiger partial charge in [0, 0.05) is 36.8 Å². The third-order valence-corrected chi connectivity index (χ3v) is 5.89. The fraction of sp³-hybridized carbons (Fsp3) is 0.292. The van der Waals surface area contributed by atoms with Crippen molar-refractivity contribution in [3.05, 3.63) is 76.6 Å². The van der Waals surface area contributed by atoms with Crippen LogP contribution in [0.25, 0.3) is 5.69 Å². The number of aromatic nitrogens is 2. The number of rotatable bonds is 5. The summed E-state index contributed by atoms with van der Waals surface area (Å²) < 4.78 is 6.98. The van der Waals surface area contributed by atoms with Crippen molar-refractivity contribution in [3.63, 3.8) is 0 Å². The topological polar surface area (TPSA) is 67.7 Å². The van der Waals surface area contributed by atoms with Crippen LogP contribution in [-0.2, 0) is 6.42 Å². The van der Waals surface area contributed by atoms with Crippen LogP contribution in [0.2, 0.25) is 5.02 Å². The molecule has 0 aliphatic carbocycles. The molecule has 4 rings (SSSR count). The highest BCUT2D eigenvalue weighted by Gasteiger charge is 2.28. The number of ether oxygens (including phenoxy) is 1. The van der Waals surface area contributed by atoms with E-state index in [1.54, 1.807) is 52.1 Å². The van der Waals surface area contributed by atoms with E-state index in [4.69, 9.17) is 16.3 Å². The highest BCUT2D eigenvalue weighted by atomic mass is 35.5. The van der Waals surface area contributed by atoms with Gasteiger partial charge in [0.1, 0.15) is 5.75 Å². The van der Waals surface area contributed by atoms with Crippen LogP contribution < -0.4 is 4.74 Å². The van der Waals surface area contributed by atoms with Gasteiger partial charge in [-0.1, -0.05) is 30.7 Å². The molecular formula is C24H25ClN4O3. The average Bonchev–Trinajstić information content (AvgIpc) is 3.27. The molecule has 0 N–H and O–H groups in total. The molecule has 3 aromatic rings. The Bertz CT molecular complexity index is 1140. The van der Waals surface area contributed by atoms with E-state index >= 15 is 0 Å². The molecule has 1 fully saturated rings. The molecule has 0 bridgehead atoms. The predicted molar refractivity (Wildman–Crippen MR) is 123 cm³/mol. The number of hydrogen-bond donors (Lipinski definition) is 0. The summed E-state index contributed by atoms with van der Waals surface area (Å²) in [7, 11) is 1.58. The number of methoxy groups -OCH3 is 1. The molecule has 8 heteroatoms. The second-order valence-electron chi connectivity index (χ2n) is 7.57. The van der Waals surface area contributed by atoms with E-state index in [0.717, 1.165) is 11.4 Å². The van der Waals surface area contributed by atoms with Crippen molar-refractivity contribution >= 4 is 23.4 Å². The maximum absolute atomic E-state index is 13.2. The van der Waals surface area contributed by atoms with Gasteiger partial charge in [-0.2, -0.15) is 5.10 Å². The number of nitrogens with zero attached hydrogens (tertiary/aromatic N) is 4. The minimum absolute atomic E-state index is 0.0565. The molecule has 1 saturated heterocycles. The Balaban J connectivity index is 1.46. The fourth-order valence-corrected chi connectivity index (χ4v) is 4.13.